The maximum absolute atomic E-state index is 3.65. The zero-order valence-corrected chi connectivity index (χ0v) is 19.5. The van der Waals surface area contributed by atoms with E-state index in [1.165, 1.54) is 39.0 Å². The molecular formula is C21H25HfSi-. The Morgan fingerprint density at radius 2 is 1.96 bits per heavy atom. The summed E-state index contributed by atoms with van der Waals surface area (Å²) < 4.78 is 0. The van der Waals surface area contributed by atoms with Gasteiger partial charge in [-0.15, -0.1) is 40.6 Å². The normalized spacial score (nSPS) is 23.0. The Morgan fingerprint density at radius 3 is 2.57 bits per heavy atom. The second kappa shape index (κ2) is 7.52. The summed E-state index contributed by atoms with van der Waals surface area (Å²) in [7, 11) is -0.361. The molecule has 0 saturated carbocycles. The van der Waals surface area contributed by atoms with E-state index in [-0.39, 0.29) is 34.3 Å². The van der Waals surface area contributed by atoms with E-state index in [0.29, 0.717) is 5.92 Å². The molecule has 0 aromatic heterocycles. The first-order chi connectivity index (χ1) is 10.5. The van der Waals surface area contributed by atoms with Crippen molar-refractivity contribution in [2.24, 2.45) is 5.92 Å². The molecule has 1 atom stereocenters. The molecule has 0 bridgehead atoms. The first kappa shape index (κ1) is 18.7. The van der Waals surface area contributed by atoms with Gasteiger partial charge in [-0.25, -0.2) is 0 Å². The Labute approximate surface area is 161 Å². The van der Waals surface area contributed by atoms with E-state index in [1.807, 2.05) is 0 Å². The van der Waals surface area contributed by atoms with Crippen molar-refractivity contribution in [3.05, 3.63) is 69.4 Å². The summed E-state index contributed by atoms with van der Waals surface area (Å²) in [6.07, 6.45) is 15.0. The van der Waals surface area contributed by atoms with E-state index in [4.69, 9.17) is 0 Å². The van der Waals surface area contributed by atoms with E-state index in [1.54, 1.807) is 0 Å². The van der Waals surface area contributed by atoms with Crippen LogP contribution in [-0.4, -0.2) is 14.1 Å². The quantitative estimate of drug-likeness (QED) is 0.367. The van der Waals surface area contributed by atoms with Crippen molar-refractivity contribution >= 4 is 14.1 Å². The zero-order valence-electron chi connectivity index (χ0n) is 14.9. The summed E-state index contributed by atoms with van der Waals surface area (Å²) in [5.41, 5.74) is 12.7. The average molecular weight is 484 g/mol. The van der Waals surface area contributed by atoms with Crippen LogP contribution >= 0.6 is 0 Å². The molecule has 0 aromatic rings. The Balaban J connectivity index is 0.00000192. The van der Waals surface area contributed by atoms with E-state index >= 15 is 0 Å². The summed E-state index contributed by atoms with van der Waals surface area (Å²) in [6, 6.07) is 0. The van der Waals surface area contributed by atoms with Crippen LogP contribution in [0, 0.1) is 12.0 Å². The number of rotatable bonds is 2. The standard InChI is InChI=1S/C21H25Si.Hf/c1-14-10-11-19(16(14)3)20-15(2)12-17-8-6-7-9-18(21(17)20)13-22(4)5;/h6-8,10,13,18H,9,11H2,1-5H3;/q-1;. The molecule has 0 aliphatic heterocycles. The fourth-order valence-corrected chi connectivity index (χ4v) is 4.83. The molecule has 3 rings (SSSR count). The zero-order chi connectivity index (χ0) is 15.9. The molecule has 0 radical (unpaired) electrons. The van der Waals surface area contributed by atoms with Gasteiger partial charge in [-0.2, -0.15) is 5.57 Å². The van der Waals surface area contributed by atoms with Crippen molar-refractivity contribution in [2.75, 3.05) is 0 Å². The first-order valence-electron chi connectivity index (χ1n) is 8.23. The van der Waals surface area contributed by atoms with Crippen LogP contribution in [0.1, 0.15) is 33.6 Å². The number of hydrogen-bond donors (Lipinski definition) is 0. The maximum atomic E-state index is 3.65. The molecule has 0 N–H and O–H groups in total. The first-order valence-corrected chi connectivity index (χ1v) is 10.8. The molecule has 0 aromatic carbocycles. The Hall–Kier alpha value is -0.603. The second-order valence-electron chi connectivity index (χ2n) is 6.83. The predicted molar refractivity (Wildman–Crippen MR) is 99.4 cm³/mol. The number of hydrogen-bond acceptors (Lipinski definition) is 0. The molecule has 0 saturated heterocycles. The molecule has 2 heteroatoms. The van der Waals surface area contributed by atoms with Crippen LogP contribution in [0.4, 0.5) is 0 Å². The largest absolute Gasteiger partial charge is 0.154 e. The third-order valence-corrected chi connectivity index (χ3v) is 5.98. The van der Waals surface area contributed by atoms with Crippen LogP contribution in [0.5, 0.6) is 0 Å². The SMILES string of the molecule is CC1=[C-]C2=CC=CCC(C=[Si](C)C)C2=C1C1=C(C)C(C)=CC1.[Hf]. The molecule has 1 unspecified atom stereocenters. The van der Waals surface area contributed by atoms with Crippen LogP contribution < -0.4 is 0 Å². The fourth-order valence-electron chi connectivity index (χ4n) is 3.72. The van der Waals surface area contributed by atoms with Gasteiger partial charge >= 0.3 is 0 Å². The molecule has 3 aliphatic carbocycles. The number of fused-ring (bicyclic) bond motifs is 1. The van der Waals surface area contributed by atoms with Gasteiger partial charge in [0.05, 0.1) is 0 Å². The van der Waals surface area contributed by atoms with Gasteiger partial charge in [0.15, 0.2) is 0 Å². The minimum Gasteiger partial charge on any atom is -0.154 e. The maximum Gasteiger partial charge on any atom is 0 e. The molecule has 0 nitrogen and oxygen atoms in total. The number of allylic oxidation sites excluding steroid dienone is 12. The van der Waals surface area contributed by atoms with Gasteiger partial charge in [-0.1, -0.05) is 48.9 Å². The fraction of sp³-hybridized carbons (Fsp3) is 0.381. The predicted octanol–water partition coefficient (Wildman–Crippen LogP) is 5.35. The molecule has 0 heterocycles. The van der Waals surface area contributed by atoms with Crippen molar-refractivity contribution < 1.29 is 25.8 Å². The van der Waals surface area contributed by atoms with Crippen LogP contribution in [0.15, 0.2) is 63.3 Å². The third-order valence-electron chi connectivity index (χ3n) is 4.91. The van der Waals surface area contributed by atoms with E-state index in [2.05, 4.69) is 69.9 Å². The van der Waals surface area contributed by atoms with Gasteiger partial charge in [0.2, 0.25) is 0 Å². The Bertz CT molecular complexity index is 732. The van der Waals surface area contributed by atoms with Crippen molar-refractivity contribution in [3.8, 4) is 0 Å². The van der Waals surface area contributed by atoms with Crippen molar-refractivity contribution in [1.29, 1.82) is 0 Å². The minimum atomic E-state index is -0.361. The summed E-state index contributed by atoms with van der Waals surface area (Å²) in [4.78, 5) is 0. The molecule has 3 aliphatic rings. The van der Waals surface area contributed by atoms with Gasteiger partial charge in [0, 0.05) is 25.8 Å². The van der Waals surface area contributed by atoms with Gasteiger partial charge in [-0.3, -0.25) is 0 Å². The molecule has 118 valence electrons. The molecule has 23 heavy (non-hydrogen) atoms. The molecule has 0 amide bonds. The summed E-state index contributed by atoms with van der Waals surface area (Å²) in [5.74, 6) is 0.551. The van der Waals surface area contributed by atoms with E-state index in [9.17, 15) is 0 Å². The molecule has 0 spiro atoms. The van der Waals surface area contributed by atoms with Crippen LogP contribution in [0.3, 0.4) is 0 Å². The van der Waals surface area contributed by atoms with Crippen molar-refractivity contribution in [3.63, 3.8) is 0 Å². The van der Waals surface area contributed by atoms with Crippen LogP contribution in [0.25, 0.3) is 0 Å². The summed E-state index contributed by atoms with van der Waals surface area (Å²) in [6.45, 7) is 11.5. The Morgan fingerprint density at radius 1 is 1.22 bits per heavy atom. The van der Waals surface area contributed by atoms with Crippen LogP contribution in [-0.2, 0) is 25.8 Å². The third kappa shape index (κ3) is 3.58. The van der Waals surface area contributed by atoms with Crippen molar-refractivity contribution in [1.82, 2.24) is 0 Å². The summed E-state index contributed by atoms with van der Waals surface area (Å²) >= 11 is 0. The second-order valence-corrected chi connectivity index (χ2v) is 9.32. The smallest absolute Gasteiger partial charge is 0 e. The van der Waals surface area contributed by atoms with Crippen LogP contribution in [0.2, 0.25) is 13.1 Å². The Kier molecular flexibility index (Phi) is 6.13. The van der Waals surface area contributed by atoms with Crippen molar-refractivity contribution in [2.45, 2.75) is 46.7 Å². The van der Waals surface area contributed by atoms with Gasteiger partial charge in [0.25, 0.3) is 0 Å². The van der Waals surface area contributed by atoms with Gasteiger partial charge in [-0.05, 0) is 41.0 Å². The topological polar surface area (TPSA) is 0 Å². The monoisotopic (exact) mass is 485 g/mol. The van der Waals surface area contributed by atoms with E-state index < -0.39 is 0 Å². The average Bonchev–Trinajstić information content (AvgIpc) is 2.87. The minimum absolute atomic E-state index is 0. The molecule has 0 fully saturated rings. The summed E-state index contributed by atoms with van der Waals surface area (Å²) in [5, 5.41) is 0. The molecular weight excluding hydrogens is 459 g/mol. The van der Waals surface area contributed by atoms with Gasteiger partial charge in [0.1, 0.15) is 0 Å². The van der Waals surface area contributed by atoms with Gasteiger partial charge < -0.3 is 0 Å². The van der Waals surface area contributed by atoms with E-state index in [0.717, 1.165) is 12.8 Å².